The summed E-state index contributed by atoms with van der Waals surface area (Å²) in [6.45, 7) is 2.41. The predicted octanol–water partition coefficient (Wildman–Crippen LogP) is 1.04. The van der Waals surface area contributed by atoms with E-state index in [-0.39, 0.29) is 11.8 Å². The zero-order chi connectivity index (χ0) is 14.8. The van der Waals surface area contributed by atoms with Crippen LogP contribution in [0.5, 0.6) is 0 Å². The second-order valence-electron chi connectivity index (χ2n) is 6.50. The molecular formula is C15H25N5O. The second kappa shape index (κ2) is 6.13. The molecule has 6 nitrogen and oxygen atoms in total. The maximum absolute atomic E-state index is 12.4. The summed E-state index contributed by atoms with van der Waals surface area (Å²) in [5.74, 6) is 1.24. The summed E-state index contributed by atoms with van der Waals surface area (Å²) >= 11 is 0. The first-order valence-electron chi connectivity index (χ1n) is 7.97. The molecule has 1 aromatic rings. The van der Waals surface area contributed by atoms with Crippen LogP contribution in [-0.2, 0) is 18.4 Å². The first-order valence-corrected chi connectivity index (χ1v) is 7.97. The molecule has 0 atom stereocenters. The van der Waals surface area contributed by atoms with Crippen molar-refractivity contribution >= 4 is 5.91 Å². The number of carbonyl (C=O) groups is 1. The van der Waals surface area contributed by atoms with E-state index < -0.39 is 0 Å². The van der Waals surface area contributed by atoms with Crippen LogP contribution in [0.15, 0.2) is 6.33 Å². The summed E-state index contributed by atoms with van der Waals surface area (Å²) in [5, 5.41) is 7.89. The Morgan fingerprint density at radius 2 is 2.05 bits per heavy atom. The van der Waals surface area contributed by atoms with Gasteiger partial charge in [-0.15, -0.1) is 10.2 Å². The molecule has 6 heteroatoms. The molecule has 2 aliphatic rings. The summed E-state index contributed by atoms with van der Waals surface area (Å²) in [6, 6.07) is 0.729. The third kappa shape index (κ3) is 3.10. The molecule has 1 aliphatic heterocycles. The molecule has 1 aliphatic carbocycles. The number of hydrogen-bond acceptors (Lipinski definition) is 4. The Hall–Kier alpha value is -1.43. The molecule has 0 spiro atoms. The fraction of sp³-hybridized carbons (Fsp3) is 0.800. The molecule has 2 heterocycles. The molecule has 3 rings (SSSR count). The van der Waals surface area contributed by atoms with Crippen LogP contribution in [0.3, 0.4) is 0 Å². The highest BCUT2D eigenvalue weighted by Gasteiger charge is 2.38. The Labute approximate surface area is 126 Å². The first kappa shape index (κ1) is 14.5. The molecule has 116 valence electrons. The maximum atomic E-state index is 12.4. The van der Waals surface area contributed by atoms with Gasteiger partial charge in [0, 0.05) is 33.2 Å². The average Bonchev–Trinajstić information content (AvgIpc) is 2.83. The molecule has 1 amide bonds. The van der Waals surface area contributed by atoms with Gasteiger partial charge >= 0.3 is 0 Å². The van der Waals surface area contributed by atoms with Crippen LogP contribution in [0, 0.1) is 5.92 Å². The quantitative estimate of drug-likeness (QED) is 0.832. The molecule has 1 saturated heterocycles. The lowest BCUT2D eigenvalue weighted by Gasteiger charge is -2.45. The minimum atomic E-state index is 0.171. The van der Waals surface area contributed by atoms with E-state index in [0.717, 1.165) is 25.0 Å². The van der Waals surface area contributed by atoms with E-state index in [9.17, 15) is 4.79 Å². The Morgan fingerprint density at radius 3 is 2.67 bits per heavy atom. The minimum absolute atomic E-state index is 0.171. The molecule has 1 aromatic heterocycles. The number of amides is 1. The molecule has 0 bridgehead atoms. The summed E-state index contributed by atoms with van der Waals surface area (Å²) in [7, 11) is 3.77. The van der Waals surface area contributed by atoms with Crippen molar-refractivity contribution in [2.45, 2.75) is 44.7 Å². The van der Waals surface area contributed by atoms with Crippen LogP contribution >= 0.6 is 0 Å². The number of aryl methyl sites for hydroxylation is 1. The van der Waals surface area contributed by atoms with E-state index in [1.165, 1.54) is 32.1 Å². The maximum Gasteiger partial charge on any atom is 0.228 e. The molecule has 2 fully saturated rings. The Morgan fingerprint density at radius 1 is 1.33 bits per heavy atom. The first-order chi connectivity index (χ1) is 10.1. The lowest BCUT2D eigenvalue weighted by Crippen LogP contribution is -2.57. The average molecular weight is 291 g/mol. The monoisotopic (exact) mass is 291 g/mol. The van der Waals surface area contributed by atoms with Crippen molar-refractivity contribution < 1.29 is 4.79 Å². The van der Waals surface area contributed by atoms with Crippen LogP contribution in [0.4, 0.5) is 0 Å². The Bertz CT molecular complexity index is 488. The van der Waals surface area contributed by atoms with Crippen LogP contribution < -0.4 is 0 Å². The van der Waals surface area contributed by atoms with E-state index in [2.05, 4.69) is 15.1 Å². The number of aromatic nitrogens is 3. The van der Waals surface area contributed by atoms with Gasteiger partial charge in [-0.2, -0.15) is 0 Å². The number of nitrogens with zero attached hydrogens (tertiary/aromatic N) is 5. The highest BCUT2D eigenvalue weighted by atomic mass is 16.2. The van der Waals surface area contributed by atoms with Gasteiger partial charge < -0.3 is 9.47 Å². The highest BCUT2D eigenvalue weighted by molar-refractivity contribution is 5.79. The van der Waals surface area contributed by atoms with Gasteiger partial charge in [-0.05, 0) is 12.8 Å². The van der Waals surface area contributed by atoms with Gasteiger partial charge in [0.05, 0.1) is 12.5 Å². The molecular weight excluding hydrogens is 266 g/mol. The van der Waals surface area contributed by atoms with Crippen LogP contribution in [-0.4, -0.2) is 56.7 Å². The molecule has 21 heavy (non-hydrogen) atoms. The van der Waals surface area contributed by atoms with Gasteiger partial charge in [0.2, 0.25) is 5.91 Å². The number of hydrogen-bond donors (Lipinski definition) is 0. The van der Waals surface area contributed by atoms with Crippen molar-refractivity contribution in [3.05, 3.63) is 12.2 Å². The van der Waals surface area contributed by atoms with E-state index in [4.69, 9.17) is 0 Å². The van der Waals surface area contributed by atoms with Crippen molar-refractivity contribution in [2.24, 2.45) is 13.0 Å². The smallest absolute Gasteiger partial charge is 0.228 e. The van der Waals surface area contributed by atoms with Crippen LogP contribution in [0.1, 0.15) is 37.9 Å². The van der Waals surface area contributed by atoms with Gasteiger partial charge in [0.1, 0.15) is 6.33 Å². The van der Waals surface area contributed by atoms with Crippen molar-refractivity contribution in [2.75, 3.05) is 20.1 Å². The molecule has 0 N–H and O–H groups in total. The van der Waals surface area contributed by atoms with Crippen molar-refractivity contribution in [3.8, 4) is 0 Å². The normalized spacial score (nSPS) is 21.2. The fourth-order valence-corrected chi connectivity index (χ4v) is 3.47. The van der Waals surface area contributed by atoms with Crippen molar-refractivity contribution in [3.63, 3.8) is 0 Å². The summed E-state index contributed by atoms with van der Waals surface area (Å²) in [5.41, 5.74) is 0. The molecule has 0 unspecified atom stereocenters. The fourth-order valence-electron chi connectivity index (χ4n) is 3.47. The summed E-state index contributed by atoms with van der Waals surface area (Å²) in [6.07, 6.45) is 8.39. The van der Waals surface area contributed by atoms with Gasteiger partial charge in [0.25, 0.3) is 0 Å². The molecule has 1 saturated carbocycles. The summed E-state index contributed by atoms with van der Waals surface area (Å²) in [4.78, 5) is 16.7. The van der Waals surface area contributed by atoms with Crippen LogP contribution in [0.25, 0.3) is 0 Å². The minimum Gasteiger partial charge on any atom is -0.338 e. The van der Waals surface area contributed by atoms with Crippen LogP contribution in [0.2, 0.25) is 0 Å². The molecule has 0 aromatic carbocycles. The largest absolute Gasteiger partial charge is 0.338 e. The van der Waals surface area contributed by atoms with Gasteiger partial charge in [-0.1, -0.05) is 19.3 Å². The van der Waals surface area contributed by atoms with E-state index in [1.807, 2.05) is 18.7 Å². The van der Waals surface area contributed by atoms with Crippen molar-refractivity contribution in [1.82, 2.24) is 24.6 Å². The van der Waals surface area contributed by atoms with Crippen molar-refractivity contribution in [1.29, 1.82) is 0 Å². The van der Waals surface area contributed by atoms with E-state index in [1.54, 1.807) is 11.2 Å². The third-order valence-corrected chi connectivity index (χ3v) is 4.91. The molecule has 0 radical (unpaired) electrons. The van der Waals surface area contributed by atoms with E-state index >= 15 is 0 Å². The Balaban J connectivity index is 1.47. The van der Waals surface area contributed by atoms with Gasteiger partial charge in [-0.25, -0.2) is 0 Å². The van der Waals surface area contributed by atoms with Gasteiger partial charge in [0.15, 0.2) is 5.82 Å². The topological polar surface area (TPSA) is 54.3 Å². The highest BCUT2D eigenvalue weighted by Crippen LogP contribution is 2.29. The zero-order valence-electron chi connectivity index (χ0n) is 13.0. The zero-order valence-corrected chi connectivity index (χ0v) is 13.0. The number of carbonyl (C=O) groups excluding carboxylic acids is 1. The number of likely N-dealkylation sites (tertiary alicyclic amines) is 1. The number of rotatable bonds is 4. The lowest BCUT2D eigenvalue weighted by atomic mass is 9.88. The second-order valence-corrected chi connectivity index (χ2v) is 6.50. The summed E-state index contributed by atoms with van der Waals surface area (Å²) < 4.78 is 1.86. The SMILES string of the molecule is CN(Cc1nncn1C)C(=O)C1CN(C2CCCCC2)C1. The van der Waals surface area contributed by atoms with Gasteiger partial charge in [-0.3, -0.25) is 9.69 Å². The lowest BCUT2D eigenvalue weighted by molar-refractivity contribution is -0.141. The Kier molecular flexibility index (Phi) is 4.24. The predicted molar refractivity (Wildman–Crippen MR) is 79.4 cm³/mol. The standard InChI is InChI=1S/C15H25N5O/c1-18(10-14-17-16-11-19(14)2)15(21)12-8-20(9-12)13-6-4-3-5-7-13/h11-13H,3-10H2,1-2H3. The van der Waals surface area contributed by atoms with E-state index in [0.29, 0.717) is 6.54 Å². The third-order valence-electron chi connectivity index (χ3n) is 4.91.